The first-order valence-corrected chi connectivity index (χ1v) is 12.9. The molecule has 1 fully saturated rings. The van der Waals surface area contributed by atoms with E-state index in [0.717, 1.165) is 11.9 Å². The number of carbonyl (C=O) groups is 1. The highest BCUT2D eigenvalue weighted by Gasteiger charge is 2.42. The van der Waals surface area contributed by atoms with Crippen molar-refractivity contribution in [3.8, 4) is 0 Å². The number of carbonyl (C=O) groups excluding carboxylic acids is 1. The quantitative estimate of drug-likeness (QED) is 0.396. The monoisotopic (exact) mass is 472 g/mol. The first kappa shape index (κ1) is 26.6. The third kappa shape index (κ3) is 7.74. The summed E-state index contributed by atoms with van der Waals surface area (Å²) >= 11 is 0. The maximum absolute atomic E-state index is 12.7. The number of rotatable bonds is 10. The molecule has 2 heterocycles. The number of nitrogens with zero attached hydrogens (tertiary/aromatic N) is 1. The van der Waals surface area contributed by atoms with Crippen LogP contribution in [0.15, 0.2) is 30.5 Å². The summed E-state index contributed by atoms with van der Waals surface area (Å²) in [5, 5.41) is 4.27. The van der Waals surface area contributed by atoms with Gasteiger partial charge in [-0.05, 0) is 76.6 Å². The van der Waals surface area contributed by atoms with Gasteiger partial charge in [-0.15, -0.1) is 0 Å². The minimum absolute atomic E-state index is 0.342. The molecule has 1 aromatic carbocycles. The number of amides is 1. The lowest BCUT2D eigenvalue weighted by atomic mass is 10.00. The van der Waals surface area contributed by atoms with Gasteiger partial charge < -0.3 is 24.1 Å². The molecular formula is C28H44N2O4. The molecule has 3 rings (SSSR count). The minimum atomic E-state index is -0.721. The van der Waals surface area contributed by atoms with Gasteiger partial charge in [0.2, 0.25) is 0 Å². The van der Waals surface area contributed by atoms with Gasteiger partial charge in [0.05, 0.1) is 19.8 Å². The van der Waals surface area contributed by atoms with Crippen LogP contribution in [-0.4, -0.2) is 40.8 Å². The molecule has 1 aliphatic heterocycles. The molecule has 0 saturated carbocycles. The van der Waals surface area contributed by atoms with Crippen molar-refractivity contribution in [2.24, 2.45) is 0 Å². The van der Waals surface area contributed by atoms with Crippen molar-refractivity contribution in [2.45, 2.75) is 110 Å². The number of fused-ring (bicyclic) bond motifs is 1. The van der Waals surface area contributed by atoms with Crippen molar-refractivity contribution in [1.29, 1.82) is 0 Å². The van der Waals surface area contributed by atoms with Gasteiger partial charge >= 0.3 is 6.09 Å². The Bertz CT molecular complexity index is 932. The minimum Gasteiger partial charge on any atom is -0.444 e. The average molecular weight is 473 g/mol. The predicted octanol–water partition coefficient (Wildman–Crippen LogP) is 6.59. The summed E-state index contributed by atoms with van der Waals surface area (Å²) in [6.07, 6.45) is 10.6. The molecule has 1 amide bonds. The van der Waals surface area contributed by atoms with E-state index in [1.807, 2.05) is 34.6 Å². The number of aryl methyl sites for hydroxylation is 1. The van der Waals surface area contributed by atoms with Crippen LogP contribution >= 0.6 is 0 Å². The fraction of sp³-hybridized carbons (Fsp3) is 0.679. The number of hydrogen-bond acceptors (Lipinski definition) is 4. The third-order valence-electron chi connectivity index (χ3n) is 6.29. The number of unbranched alkanes of at least 4 members (excludes halogenated alkanes) is 5. The van der Waals surface area contributed by atoms with E-state index in [4.69, 9.17) is 14.2 Å². The molecule has 1 aromatic heterocycles. The Morgan fingerprint density at radius 2 is 1.74 bits per heavy atom. The molecule has 0 bridgehead atoms. The zero-order chi connectivity index (χ0) is 24.8. The van der Waals surface area contributed by atoms with Gasteiger partial charge in [0.1, 0.15) is 11.1 Å². The molecule has 0 aliphatic carbocycles. The molecule has 190 valence electrons. The van der Waals surface area contributed by atoms with E-state index < -0.39 is 23.0 Å². The molecule has 0 unspecified atom stereocenters. The van der Waals surface area contributed by atoms with E-state index in [1.165, 1.54) is 49.5 Å². The summed E-state index contributed by atoms with van der Waals surface area (Å²) in [6.45, 7) is 12.8. The molecular weight excluding hydrogens is 428 g/mol. The van der Waals surface area contributed by atoms with E-state index in [-0.39, 0.29) is 0 Å². The summed E-state index contributed by atoms with van der Waals surface area (Å²) in [7, 11) is 0. The van der Waals surface area contributed by atoms with Gasteiger partial charge in [0.25, 0.3) is 0 Å². The maximum Gasteiger partial charge on any atom is 0.408 e. The van der Waals surface area contributed by atoms with Gasteiger partial charge in [-0.3, -0.25) is 0 Å². The molecule has 1 aliphatic rings. The van der Waals surface area contributed by atoms with Crippen molar-refractivity contribution >= 4 is 17.0 Å². The highest BCUT2D eigenvalue weighted by Crippen LogP contribution is 2.28. The Morgan fingerprint density at radius 1 is 1.06 bits per heavy atom. The molecule has 1 N–H and O–H groups in total. The number of benzene rings is 1. The van der Waals surface area contributed by atoms with E-state index in [9.17, 15) is 4.79 Å². The zero-order valence-corrected chi connectivity index (χ0v) is 22.0. The van der Waals surface area contributed by atoms with Crippen molar-refractivity contribution in [1.82, 2.24) is 9.88 Å². The van der Waals surface area contributed by atoms with E-state index in [0.29, 0.717) is 19.8 Å². The van der Waals surface area contributed by atoms with Crippen LogP contribution in [0.3, 0.4) is 0 Å². The van der Waals surface area contributed by atoms with Crippen molar-refractivity contribution < 1.29 is 19.0 Å². The van der Waals surface area contributed by atoms with E-state index in [1.54, 1.807) is 0 Å². The largest absolute Gasteiger partial charge is 0.444 e. The summed E-state index contributed by atoms with van der Waals surface area (Å²) in [5.41, 5.74) is 1.23. The van der Waals surface area contributed by atoms with Crippen LogP contribution in [0, 0.1) is 0 Å². The second-order valence-electron chi connectivity index (χ2n) is 11.2. The molecule has 34 heavy (non-hydrogen) atoms. The zero-order valence-electron chi connectivity index (χ0n) is 22.0. The first-order valence-electron chi connectivity index (χ1n) is 12.9. The van der Waals surface area contributed by atoms with Crippen molar-refractivity contribution in [3.05, 3.63) is 36.0 Å². The Labute approximate surface area is 205 Å². The summed E-state index contributed by atoms with van der Waals surface area (Å²) in [5.74, 6) is -0.677. The topological polar surface area (TPSA) is 61.7 Å². The smallest absolute Gasteiger partial charge is 0.408 e. The fourth-order valence-electron chi connectivity index (χ4n) is 4.41. The lowest BCUT2D eigenvalue weighted by Crippen LogP contribution is -2.63. The van der Waals surface area contributed by atoms with Crippen LogP contribution in [0.1, 0.15) is 85.6 Å². The number of alkyl carbamates (subject to hydrolysis) is 1. The van der Waals surface area contributed by atoms with Gasteiger partial charge in [-0.25, -0.2) is 4.79 Å². The van der Waals surface area contributed by atoms with Crippen LogP contribution in [0.4, 0.5) is 4.79 Å². The highest BCUT2D eigenvalue weighted by atomic mass is 16.7. The van der Waals surface area contributed by atoms with Crippen LogP contribution in [-0.2, 0) is 27.2 Å². The highest BCUT2D eigenvalue weighted by molar-refractivity contribution is 5.81. The SMILES string of the molecule is CCCCCCCCc1ccc2c(ccn2CC2(NC(=O)OC(C)(C)C)COC(C)(C)OC2)c1. The molecule has 6 heteroatoms. The summed E-state index contributed by atoms with van der Waals surface area (Å²) in [4.78, 5) is 12.7. The van der Waals surface area contributed by atoms with Crippen LogP contribution in [0.5, 0.6) is 0 Å². The molecule has 6 nitrogen and oxygen atoms in total. The van der Waals surface area contributed by atoms with Crippen molar-refractivity contribution in [2.75, 3.05) is 13.2 Å². The first-order chi connectivity index (χ1) is 16.0. The molecule has 2 aromatic rings. The fourth-order valence-corrected chi connectivity index (χ4v) is 4.41. The second-order valence-corrected chi connectivity index (χ2v) is 11.2. The van der Waals surface area contributed by atoms with Gasteiger partial charge in [0, 0.05) is 11.7 Å². The Hall–Kier alpha value is -2.05. The van der Waals surface area contributed by atoms with Crippen LogP contribution in [0.25, 0.3) is 10.9 Å². The second kappa shape index (κ2) is 11.1. The summed E-state index contributed by atoms with van der Waals surface area (Å²) < 4.78 is 19.6. The van der Waals surface area contributed by atoms with E-state index in [2.05, 4.69) is 47.3 Å². The van der Waals surface area contributed by atoms with E-state index >= 15 is 0 Å². The number of aromatic nitrogens is 1. The number of hydrogen-bond donors (Lipinski definition) is 1. The lowest BCUT2D eigenvalue weighted by Gasteiger charge is -2.44. The standard InChI is InChI=1S/C28H44N2O4/c1-7-8-9-10-11-12-13-22-14-15-24-23(18-22)16-17-30(24)19-28(20-32-27(5,6)33-21-28)29-25(31)34-26(2,3)4/h14-18H,7-13,19-21H2,1-6H3,(H,29,31). The Kier molecular flexibility index (Phi) is 8.69. The molecule has 0 spiro atoms. The maximum atomic E-state index is 12.7. The lowest BCUT2D eigenvalue weighted by molar-refractivity contribution is -0.272. The predicted molar refractivity (Wildman–Crippen MR) is 137 cm³/mol. The third-order valence-corrected chi connectivity index (χ3v) is 6.29. The van der Waals surface area contributed by atoms with Gasteiger partial charge in [0.15, 0.2) is 5.79 Å². The Balaban J connectivity index is 1.70. The molecule has 0 atom stereocenters. The molecule has 1 saturated heterocycles. The number of nitrogens with one attached hydrogen (secondary N) is 1. The average Bonchev–Trinajstić information content (AvgIpc) is 3.13. The number of ether oxygens (including phenoxy) is 3. The van der Waals surface area contributed by atoms with Crippen molar-refractivity contribution in [3.63, 3.8) is 0 Å². The van der Waals surface area contributed by atoms with Crippen LogP contribution in [0.2, 0.25) is 0 Å². The van der Waals surface area contributed by atoms with Gasteiger partial charge in [-0.2, -0.15) is 0 Å². The van der Waals surface area contributed by atoms with Crippen LogP contribution < -0.4 is 5.32 Å². The Morgan fingerprint density at radius 3 is 2.41 bits per heavy atom. The summed E-state index contributed by atoms with van der Waals surface area (Å²) in [6, 6.07) is 8.87. The van der Waals surface area contributed by atoms with Gasteiger partial charge in [-0.1, -0.05) is 45.1 Å². The normalized spacial score (nSPS) is 17.6. The molecule has 0 radical (unpaired) electrons.